The Balaban J connectivity index is 2.21. The first-order valence-corrected chi connectivity index (χ1v) is 4.91. The summed E-state index contributed by atoms with van der Waals surface area (Å²) in [5.41, 5.74) is -2.30. The van der Waals surface area contributed by atoms with Gasteiger partial charge >= 0.3 is 6.18 Å². The molecule has 0 aromatic heterocycles. The summed E-state index contributed by atoms with van der Waals surface area (Å²) in [6.45, 7) is 0. The Kier molecular flexibility index (Phi) is 2.71. The second-order valence-corrected chi connectivity index (χ2v) is 3.75. The minimum atomic E-state index is -4.61. The molecule has 1 saturated heterocycles. The normalized spacial score (nSPS) is 27.9. The number of ketones is 1. The zero-order chi connectivity index (χ0) is 12.7. The molecule has 0 unspecified atom stereocenters. The number of ether oxygens (including phenoxy) is 1. The summed E-state index contributed by atoms with van der Waals surface area (Å²) in [6.07, 6.45) is -4.61. The van der Waals surface area contributed by atoms with Gasteiger partial charge in [0.05, 0.1) is 0 Å². The van der Waals surface area contributed by atoms with Gasteiger partial charge in [0.15, 0.2) is 5.78 Å². The second kappa shape index (κ2) is 3.82. The summed E-state index contributed by atoms with van der Waals surface area (Å²) in [7, 11) is 0.929. The predicted octanol–water partition coefficient (Wildman–Crippen LogP) is 1.75. The molecule has 0 spiro atoms. The van der Waals surface area contributed by atoms with Crippen molar-refractivity contribution < 1.29 is 22.7 Å². The molecule has 1 N–H and O–H groups in total. The van der Waals surface area contributed by atoms with Gasteiger partial charge in [-0.1, -0.05) is 30.3 Å². The molecule has 1 fully saturated rings. The molecule has 6 heteroatoms. The first-order chi connectivity index (χ1) is 7.92. The number of hydrogen-bond donors (Lipinski definition) is 1. The number of benzene rings is 1. The van der Waals surface area contributed by atoms with E-state index in [9.17, 15) is 18.0 Å². The van der Waals surface area contributed by atoms with Crippen LogP contribution in [-0.4, -0.2) is 30.8 Å². The van der Waals surface area contributed by atoms with Gasteiger partial charge < -0.3 is 4.74 Å². The highest BCUT2D eigenvalue weighted by molar-refractivity contribution is 6.03. The van der Waals surface area contributed by atoms with E-state index in [2.05, 4.69) is 10.1 Å². The van der Waals surface area contributed by atoms with E-state index in [4.69, 9.17) is 0 Å². The first kappa shape index (κ1) is 12.1. The van der Waals surface area contributed by atoms with Gasteiger partial charge in [0.1, 0.15) is 6.04 Å². The average molecular weight is 245 g/mol. The van der Waals surface area contributed by atoms with Crippen molar-refractivity contribution in [3.05, 3.63) is 35.9 Å². The van der Waals surface area contributed by atoms with Crippen LogP contribution in [-0.2, 0) is 4.74 Å². The summed E-state index contributed by atoms with van der Waals surface area (Å²) >= 11 is 0. The molecule has 17 heavy (non-hydrogen) atoms. The zero-order valence-corrected chi connectivity index (χ0v) is 8.91. The monoisotopic (exact) mass is 245 g/mol. The fourth-order valence-corrected chi connectivity index (χ4v) is 1.73. The molecule has 92 valence electrons. The average Bonchev–Trinajstić information content (AvgIpc) is 3.04. The lowest BCUT2D eigenvalue weighted by atomic mass is 10.1. The quantitative estimate of drug-likeness (QED) is 0.652. The summed E-state index contributed by atoms with van der Waals surface area (Å²) in [5, 5.41) is 2.07. The Hall–Kier alpha value is -1.40. The van der Waals surface area contributed by atoms with E-state index in [1.807, 2.05) is 0 Å². The van der Waals surface area contributed by atoms with Crippen LogP contribution >= 0.6 is 0 Å². The molecule has 1 aromatic carbocycles. The zero-order valence-electron chi connectivity index (χ0n) is 8.91. The fourth-order valence-electron chi connectivity index (χ4n) is 1.73. The van der Waals surface area contributed by atoms with Crippen LogP contribution in [0.5, 0.6) is 0 Å². The lowest BCUT2D eigenvalue weighted by Crippen LogP contribution is -2.40. The van der Waals surface area contributed by atoms with Crippen molar-refractivity contribution in [2.45, 2.75) is 17.9 Å². The van der Waals surface area contributed by atoms with Crippen LogP contribution in [0.3, 0.4) is 0 Å². The Morgan fingerprint density at radius 1 is 1.35 bits per heavy atom. The Bertz CT molecular complexity index is 432. The van der Waals surface area contributed by atoms with Crippen LogP contribution in [0.4, 0.5) is 13.2 Å². The number of halogens is 3. The molecule has 1 aliphatic heterocycles. The van der Waals surface area contributed by atoms with Gasteiger partial charge in [-0.05, 0) is 0 Å². The number of hydrogen-bond acceptors (Lipinski definition) is 3. The number of nitrogens with one attached hydrogen (secondary N) is 1. The van der Waals surface area contributed by atoms with Gasteiger partial charge in [0.25, 0.3) is 0 Å². The highest BCUT2D eigenvalue weighted by atomic mass is 19.4. The van der Waals surface area contributed by atoms with Gasteiger partial charge in [-0.2, -0.15) is 13.2 Å². The molecular formula is C11H10F3NO2. The molecule has 1 aliphatic rings. The third-order valence-electron chi connectivity index (χ3n) is 2.75. The minimum absolute atomic E-state index is 0.230. The van der Waals surface area contributed by atoms with Crippen molar-refractivity contribution in [1.29, 1.82) is 0 Å². The van der Waals surface area contributed by atoms with E-state index in [1.54, 1.807) is 18.2 Å². The highest BCUT2D eigenvalue weighted by Crippen LogP contribution is 2.44. The predicted molar refractivity (Wildman–Crippen MR) is 53.5 cm³/mol. The van der Waals surface area contributed by atoms with Crippen molar-refractivity contribution >= 4 is 5.78 Å². The number of carbonyl (C=O) groups is 1. The molecule has 1 heterocycles. The van der Waals surface area contributed by atoms with Crippen LogP contribution in [0.15, 0.2) is 30.3 Å². The molecule has 1 aromatic rings. The van der Waals surface area contributed by atoms with Gasteiger partial charge in [-0.15, -0.1) is 0 Å². The topological polar surface area (TPSA) is 48.2 Å². The Labute approximate surface area is 95.6 Å². The molecule has 0 amide bonds. The van der Waals surface area contributed by atoms with Crippen LogP contribution in [0.2, 0.25) is 0 Å². The number of rotatable bonds is 3. The number of alkyl halides is 3. The summed E-state index contributed by atoms with van der Waals surface area (Å²) in [4.78, 5) is 11.8. The van der Waals surface area contributed by atoms with Crippen LogP contribution in [0, 0.1) is 0 Å². The molecule has 0 radical (unpaired) electrons. The fraction of sp³-hybridized carbons (Fsp3) is 0.364. The van der Waals surface area contributed by atoms with Gasteiger partial charge in [-0.3, -0.25) is 10.1 Å². The van der Waals surface area contributed by atoms with E-state index in [0.717, 1.165) is 7.11 Å². The third kappa shape index (κ3) is 1.83. The standard InChI is InChI=1S/C11H10F3NO2/c1-17-10(11(12,13)14)9(15-10)8(16)7-5-3-2-4-6-7/h2-6,9,15H,1H3/t9-,10-/m1/s1. The highest BCUT2D eigenvalue weighted by Gasteiger charge is 2.74. The smallest absolute Gasteiger partial charge is 0.354 e. The lowest BCUT2D eigenvalue weighted by Gasteiger charge is -2.16. The van der Waals surface area contributed by atoms with Crippen molar-refractivity contribution in [2.75, 3.05) is 7.11 Å². The third-order valence-corrected chi connectivity index (χ3v) is 2.75. The van der Waals surface area contributed by atoms with Crippen LogP contribution in [0.1, 0.15) is 10.4 Å². The number of methoxy groups -OCH3 is 1. The van der Waals surface area contributed by atoms with Crippen molar-refractivity contribution in [3.63, 3.8) is 0 Å². The maximum Gasteiger partial charge on any atom is 0.433 e. The minimum Gasteiger partial charge on any atom is -0.354 e. The SMILES string of the molecule is CO[C@]1(C(F)(F)F)N[C@@H]1C(=O)c1ccccc1. The molecular weight excluding hydrogens is 235 g/mol. The summed E-state index contributed by atoms with van der Waals surface area (Å²) in [5.74, 6) is -0.621. The van der Waals surface area contributed by atoms with E-state index >= 15 is 0 Å². The maximum absolute atomic E-state index is 12.7. The molecule has 2 rings (SSSR count). The second-order valence-electron chi connectivity index (χ2n) is 3.75. The molecule has 0 saturated carbocycles. The summed E-state index contributed by atoms with van der Waals surface area (Å²) < 4.78 is 42.5. The Morgan fingerprint density at radius 3 is 2.35 bits per heavy atom. The van der Waals surface area contributed by atoms with E-state index in [1.165, 1.54) is 12.1 Å². The van der Waals surface area contributed by atoms with Gasteiger partial charge in [0.2, 0.25) is 5.72 Å². The molecule has 3 nitrogen and oxygen atoms in total. The van der Waals surface area contributed by atoms with Crippen LogP contribution < -0.4 is 5.32 Å². The number of Topliss-reactive ketones (excluding diaryl/α,β-unsaturated/α-hetero) is 1. The van der Waals surface area contributed by atoms with E-state index in [-0.39, 0.29) is 5.56 Å². The molecule has 0 aliphatic carbocycles. The summed E-state index contributed by atoms with van der Waals surface area (Å²) in [6, 6.07) is 6.45. The van der Waals surface area contributed by atoms with E-state index in [0.29, 0.717) is 0 Å². The number of carbonyl (C=O) groups excluding carboxylic acids is 1. The lowest BCUT2D eigenvalue weighted by molar-refractivity contribution is -0.231. The Morgan fingerprint density at radius 2 is 1.94 bits per heavy atom. The van der Waals surface area contributed by atoms with Crippen molar-refractivity contribution in [3.8, 4) is 0 Å². The molecule has 2 atom stereocenters. The van der Waals surface area contributed by atoms with Gasteiger partial charge in [-0.25, -0.2) is 0 Å². The maximum atomic E-state index is 12.7. The molecule has 0 bridgehead atoms. The largest absolute Gasteiger partial charge is 0.433 e. The van der Waals surface area contributed by atoms with E-state index < -0.39 is 23.7 Å². The van der Waals surface area contributed by atoms with Gasteiger partial charge in [0, 0.05) is 12.7 Å². The van der Waals surface area contributed by atoms with Crippen molar-refractivity contribution in [1.82, 2.24) is 5.32 Å². The van der Waals surface area contributed by atoms with Crippen LogP contribution in [0.25, 0.3) is 0 Å². The first-order valence-electron chi connectivity index (χ1n) is 4.91. The van der Waals surface area contributed by atoms with Crippen molar-refractivity contribution in [2.24, 2.45) is 0 Å².